The Bertz CT molecular complexity index is 371. The van der Waals surface area contributed by atoms with Crippen LogP contribution in [-0.2, 0) is 9.59 Å². The molecule has 3 amide bonds. The molecule has 0 fully saturated rings. The van der Waals surface area contributed by atoms with Crippen LogP contribution in [0.5, 0.6) is 0 Å². The maximum Gasteiger partial charge on any atom is 0.317 e. The second-order valence-corrected chi connectivity index (χ2v) is 5.18. The van der Waals surface area contributed by atoms with Crippen molar-refractivity contribution in [3.63, 3.8) is 0 Å². The van der Waals surface area contributed by atoms with Gasteiger partial charge in [0.1, 0.15) is 6.54 Å². The second-order valence-electron chi connectivity index (χ2n) is 5.18. The van der Waals surface area contributed by atoms with E-state index in [9.17, 15) is 14.4 Å². The first-order valence-corrected chi connectivity index (χ1v) is 6.64. The number of carboxylic acid groups (broad SMARTS) is 1. The van der Waals surface area contributed by atoms with Crippen LogP contribution >= 0.6 is 0 Å². The molecular formula is C13H25N3O4. The lowest BCUT2D eigenvalue weighted by atomic mass is 9.88. The van der Waals surface area contributed by atoms with Gasteiger partial charge in [-0.15, -0.1) is 0 Å². The number of likely N-dealkylation sites (N-methyl/N-ethyl adjacent to an activating group) is 2. The minimum absolute atomic E-state index is 0.0226. The summed E-state index contributed by atoms with van der Waals surface area (Å²) in [5.74, 6) is -1.13. The van der Waals surface area contributed by atoms with Crippen molar-refractivity contribution in [1.82, 2.24) is 15.1 Å². The largest absolute Gasteiger partial charge is 0.481 e. The number of nitrogens with zero attached hydrogens (tertiary/aromatic N) is 2. The highest BCUT2D eigenvalue weighted by Gasteiger charge is 2.32. The van der Waals surface area contributed by atoms with Crippen molar-refractivity contribution in [1.29, 1.82) is 0 Å². The molecule has 20 heavy (non-hydrogen) atoms. The van der Waals surface area contributed by atoms with Crippen LogP contribution in [-0.4, -0.2) is 66.5 Å². The summed E-state index contributed by atoms with van der Waals surface area (Å²) in [6.45, 7) is 5.49. The number of carbonyl (C=O) groups excluding carboxylic acids is 2. The number of hydrogen-bond donors (Lipinski definition) is 2. The van der Waals surface area contributed by atoms with Gasteiger partial charge in [-0.25, -0.2) is 4.79 Å². The maximum absolute atomic E-state index is 12.0. The smallest absolute Gasteiger partial charge is 0.317 e. The summed E-state index contributed by atoms with van der Waals surface area (Å²) in [6.07, 6.45) is 0.408. The fraction of sp³-hybridized carbons (Fsp3) is 0.769. The first-order chi connectivity index (χ1) is 9.17. The van der Waals surface area contributed by atoms with E-state index in [1.54, 1.807) is 34.9 Å². The minimum Gasteiger partial charge on any atom is -0.481 e. The second kappa shape index (κ2) is 7.72. The molecule has 0 heterocycles. The summed E-state index contributed by atoms with van der Waals surface area (Å²) in [7, 11) is 3.24. The highest BCUT2D eigenvalue weighted by molar-refractivity contribution is 5.84. The summed E-state index contributed by atoms with van der Waals surface area (Å²) in [4.78, 5) is 37.5. The molecule has 1 unspecified atom stereocenters. The van der Waals surface area contributed by atoms with Crippen molar-refractivity contribution in [2.45, 2.75) is 27.2 Å². The molecule has 116 valence electrons. The molecule has 0 aliphatic carbocycles. The van der Waals surface area contributed by atoms with Crippen LogP contribution < -0.4 is 5.32 Å². The number of rotatable bonds is 7. The molecule has 0 bridgehead atoms. The van der Waals surface area contributed by atoms with Gasteiger partial charge in [0.25, 0.3) is 0 Å². The third-order valence-electron chi connectivity index (χ3n) is 3.42. The van der Waals surface area contributed by atoms with E-state index in [-0.39, 0.29) is 19.0 Å². The van der Waals surface area contributed by atoms with E-state index < -0.39 is 17.4 Å². The normalized spacial score (nSPS) is 13.2. The van der Waals surface area contributed by atoms with Crippen molar-refractivity contribution in [3.05, 3.63) is 0 Å². The van der Waals surface area contributed by atoms with Crippen molar-refractivity contribution >= 4 is 17.9 Å². The van der Waals surface area contributed by atoms with Gasteiger partial charge in [0.15, 0.2) is 0 Å². The molecule has 0 spiro atoms. The third kappa shape index (κ3) is 5.07. The van der Waals surface area contributed by atoms with Crippen molar-refractivity contribution in [2.75, 3.05) is 33.7 Å². The average molecular weight is 287 g/mol. The lowest BCUT2D eigenvalue weighted by Crippen LogP contribution is -2.49. The quantitative estimate of drug-likeness (QED) is 0.718. The first kappa shape index (κ1) is 18.2. The summed E-state index contributed by atoms with van der Waals surface area (Å²) in [5.41, 5.74) is -0.999. The molecule has 0 aliphatic heterocycles. The minimum atomic E-state index is -0.999. The number of urea groups is 1. The Morgan fingerprint density at radius 1 is 1.20 bits per heavy atom. The van der Waals surface area contributed by atoms with Crippen LogP contribution in [0.4, 0.5) is 4.79 Å². The predicted octanol–water partition coefficient (Wildman–Crippen LogP) is 0.607. The van der Waals surface area contributed by atoms with E-state index in [0.29, 0.717) is 13.0 Å². The van der Waals surface area contributed by atoms with Crippen LogP contribution in [0.2, 0.25) is 0 Å². The van der Waals surface area contributed by atoms with Gasteiger partial charge in [0.05, 0.1) is 5.41 Å². The van der Waals surface area contributed by atoms with E-state index in [2.05, 4.69) is 5.32 Å². The first-order valence-electron chi connectivity index (χ1n) is 6.64. The van der Waals surface area contributed by atoms with E-state index >= 15 is 0 Å². The van der Waals surface area contributed by atoms with Crippen LogP contribution in [0, 0.1) is 5.41 Å². The summed E-state index contributed by atoms with van der Waals surface area (Å²) in [6, 6.07) is -0.427. The summed E-state index contributed by atoms with van der Waals surface area (Å²) >= 11 is 0. The van der Waals surface area contributed by atoms with Crippen molar-refractivity contribution in [3.8, 4) is 0 Å². The lowest BCUT2D eigenvalue weighted by Gasteiger charge is -2.27. The molecule has 0 aromatic heterocycles. The molecule has 1 atom stereocenters. The van der Waals surface area contributed by atoms with Gasteiger partial charge in [0.2, 0.25) is 5.91 Å². The molecule has 0 radical (unpaired) electrons. The number of aliphatic carboxylic acids is 1. The monoisotopic (exact) mass is 287 g/mol. The maximum atomic E-state index is 12.0. The SMILES string of the molecule is CCN(CC(=O)N(C)C)C(=O)NCC(C)(CC)C(=O)O. The topological polar surface area (TPSA) is 90.0 Å². The van der Waals surface area contributed by atoms with Crippen LogP contribution in [0.15, 0.2) is 0 Å². The lowest BCUT2D eigenvalue weighted by molar-refractivity contribution is -0.147. The number of amides is 3. The highest BCUT2D eigenvalue weighted by atomic mass is 16.4. The Labute approximate surface area is 119 Å². The molecule has 0 aromatic carbocycles. The predicted molar refractivity (Wildman–Crippen MR) is 75.4 cm³/mol. The number of nitrogens with one attached hydrogen (secondary N) is 1. The van der Waals surface area contributed by atoms with Gasteiger partial charge in [0, 0.05) is 27.2 Å². The zero-order valence-corrected chi connectivity index (χ0v) is 12.9. The molecule has 0 aliphatic rings. The van der Waals surface area contributed by atoms with E-state index in [4.69, 9.17) is 5.11 Å². The Morgan fingerprint density at radius 2 is 1.75 bits per heavy atom. The Balaban J connectivity index is 4.57. The number of carbonyl (C=O) groups is 3. The van der Waals surface area contributed by atoms with Gasteiger partial charge < -0.3 is 20.2 Å². The molecular weight excluding hydrogens is 262 g/mol. The van der Waals surface area contributed by atoms with E-state index in [1.165, 1.54) is 9.80 Å². The Hall–Kier alpha value is -1.79. The molecule has 0 saturated carbocycles. The Morgan fingerprint density at radius 3 is 2.10 bits per heavy atom. The van der Waals surface area contributed by atoms with Gasteiger partial charge in [-0.3, -0.25) is 9.59 Å². The van der Waals surface area contributed by atoms with Crippen molar-refractivity contribution < 1.29 is 19.5 Å². The van der Waals surface area contributed by atoms with Gasteiger partial charge in [-0.2, -0.15) is 0 Å². The Kier molecular flexibility index (Phi) is 7.02. The molecule has 0 aromatic rings. The fourth-order valence-corrected chi connectivity index (χ4v) is 1.37. The summed E-state index contributed by atoms with van der Waals surface area (Å²) < 4.78 is 0. The van der Waals surface area contributed by atoms with Crippen LogP contribution in [0.25, 0.3) is 0 Å². The number of carboxylic acids is 1. The standard InChI is InChI=1S/C13H25N3O4/c1-6-13(3,11(18)19)9-14-12(20)16(7-2)8-10(17)15(4)5/h6-9H2,1-5H3,(H,14,20)(H,18,19). The van der Waals surface area contributed by atoms with Crippen LogP contribution in [0.1, 0.15) is 27.2 Å². The van der Waals surface area contributed by atoms with Gasteiger partial charge >= 0.3 is 12.0 Å². The zero-order valence-electron chi connectivity index (χ0n) is 12.9. The van der Waals surface area contributed by atoms with Crippen LogP contribution in [0.3, 0.4) is 0 Å². The molecule has 2 N–H and O–H groups in total. The van der Waals surface area contributed by atoms with Gasteiger partial charge in [-0.1, -0.05) is 6.92 Å². The molecule has 7 heteroatoms. The third-order valence-corrected chi connectivity index (χ3v) is 3.42. The highest BCUT2D eigenvalue weighted by Crippen LogP contribution is 2.19. The zero-order chi connectivity index (χ0) is 15.9. The van der Waals surface area contributed by atoms with Gasteiger partial charge in [-0.05, 0) is 20.3 Å². The summed E-state index contributed by atoms with van der Waals surface area (Å²) in [5, 5.41) is 11.7. The fourth-order valence-electron chi connectivity index (χ4n) is 1.37. The van der Waals surface area contributed by atoms with Crippen molar-refractivity contribution in [2.24, 2.45) is 5.41 Å². The van der Waals surface area contributed by atoms with E-state index in [0.717, 1.165) is 0 Å². The molecule has 0 rings (SSSR count). The molecule has 0 saturated heterocycles. The molecule has 7 nitrogen and oxygen atoms in total. The van der Waals surface area contributed by atoms with E-state index in [1.807, 2.05) is 0 Å². The average Bonchev–Trinajstić information content (AvgIpc) is 2.40. The number of hydrogen-bond acceptors (Lipinski definition) is 3.